The van der Waals surface area contributed by atoms with Crippen LogP contribution in [0.2, 0.25) is 0 Å². The Morgan fingerprint density at radius 3 is 2.53 bits per heavy atom. The van der Waals surface area contributed by atoms with E-state index in [1.54, 1.807) is 0 Å². The number of methoxy groups -OCH3 is 1. The van der Waals surface area contributed by atoms with Gasteiger partial charge in [0.25, 0.3) is 0 Å². The molecule has 2 heterocycles. The van der Waals surface area contributed by atoms with Crippen molar-refractivity contribution in [2.24, 2.45) is 11.3 Å². The second kappa shape index (κ2) is 5.68. The van der Waals surface area contributed by atoms with E-state index < -0.39 is 0 Å². The summed E-state index contributed by atoms with van der Waals surface area (Å²) in [7, 11) is 1.84. The van der Waals surface area contributed by atoms with Crippen LogP contribution in [-0.2, 0) is 4.74 Å². The molecule has 0 amide bonds. The lowest BCUT2D eigenvalue weighted by Crippen LogP contribution is -2.46. The standard InChI is InChI=1S/C14H28N2O/c1-12(2)14(6-7-15-10-14)11-16-8-4-13(17-3)5-9-16/h12-13,15H,4-11H2,1-3H3. The molecule has 0 aliphatic carbocycles. The highest BCUT2D eigenvalue weighted by Gasteiger charge is 2.38. The van der Waals surface area contributed by atoms with Crippen LogP contribution in [0.25, 0.3) is 0 Å². The summed E-state index contributed by atoms with van der Waals surface area (Å²) in [6.07, 6.45) is 4.26. The highest BCUT2D eigenvalue weighted by Crippen LogP contribution is 2.35. The minimum Gasteiger partial charge on any atom is -0.381 e. The molecule has 3 nitrogen and oxygen atoms in total. The Labute approximate surface area is 106 Å². The first-order valence-electron chi connectivity index (χ1n) is 7.12. The van der Waals surface area contributed by atoms with Crippen LogP contribution in [0.5, 0.6) is 0 Å². The van der Waals surface area contributed by atoms with Crippen molar-refractivity contribution in [2.75, 3.05) is 39.8 Å². The zero-order valence-electron chi connectivity index (χ0n) is 11.7. The van der Waals surface area contributed by atoms with Crippen LogP contribution in [0.1, 0.15) is 33.1 Å². The van der Waals surface area contributed by atoms with Gasteiger partial charge in [-0.25, -0.2) is 0 Å². The predicted molar refractivity (Wildman–Crippen MR) is 71.2 cm³/mol. The monoisotopic (exact) mass is 240 g/mol. The van der Waals surface area contributed by atoms with Crippen LogP contribution in [0.3, 0.4) is 0 Å². The van der Waals surface area contributed by atoms with Crippen LogP contribution >= 0.6 is 0 Å². The van der Waals surface area contributed by atoms with Gasteiger partial charge in [0.1, 0.15) is 0 Å². The summed E-state index contributed by atoms with van der Waals surface area (Å²) in [5.74, 6) is 0.776. The van der Waals surface area contributed by atoms with Crippen LogP contribution in [-0.4, -0.2) is 50.8 Å². The van der Waals surface area contributed by atoms with Gasteiger partial charge in [0, 0.05) is 33.3 Å². The quantitative estimate of drug-likeness (QED) is 0.810. The highest BCUT2D eigenvalue weighted by molar-refractivity contribution is 4.93. The molecule has 1 unspecified atom stereocenters. The van der Waals surface area contributed by atoms with Gasteiger partial charge in [-0.05, 0) is 37.1 Å². The number of ether oxygens (including phenoxy) is 1. The first-order chi connectivity index (χ1) is 8.16. The van der Waals surface area contributed by atoms with Crippen molar-refractivity contribution in [1.82, 2.24) is 10.2 Å². The smallest absolute Gasteiger partial charge is 0.0595 e. The molecule has 2 saturated heterocycles. The molecule has 100 valence electrons. The van der Waals surface area contributed by atoms with Crippen molar-refractivity contribution in [3.05, 3.63) is 0 Å². The summed E-state index contributed by atoms with van der Waals surface area (Å²) in [5.41, 5.74) is 0.514. The van der Waals surface area contributed by atoms with Crippen molar-refractivity contribution in [2.45, 2.75) is 39.2 Å². The Kier molecular flexibility index (Phi) is 4.45. The summed E-state index contributed by atoms with van der Waals surface area (Å²) in [5, 5.41) is 3.55. The van der Waals surface area contributed by atoms with Gasteiger partial charge in [-0.2, -0.15) is 0 Å². The van der Waals surface area contributed by atoms with Crippen molar-refractivity contribution in [3.63, 3.8) is 0 Å². The van der Waals surface area contributed by atoms with Gasteiger partial charge < -0.3 is 15.0 Å². The Bertz CT molecular complexity index is 228. The first-order valence-corrected chi connectivity index (χ1v) is 7.12. The largest absolute Gasteiger partial charge is 0.381 e. The van der Waals surface area contributed by atoms with Crippen molar-refractivity contribution in [1.29, 1.82) is 0 Å². The van der Waals surface area contributed by atoms with Gasteiger partial charge in [0.05, 0.1) is 6.10 Å². The van der Waals surface area contributed by atoms with Gasteiger partial charge in [-0.15, -0.1) is 0 Å². The van der Waals surface area contributed by atoms with Crippen LogP contribution < -0.4 is 5.32 Å². The Balaban J connectivity index is 1.87. The molecule has 2 rings (SSSR count). The van der Waals surface area contributed by atoms with E-state index in [-0.39, 0.29) is 0 Å². The molecule has 2 aliphatic heterocycles. The van der Waals surface area contributed by atoms with Crippen LogP contribution in [0, 0.1) is 11.3 Å². The Morgan fingerprint density at radius 1 is 1.35 bits per heavy atom. The van der Waals surface area contributed by atoms with Crippen molar-refractivity contribution in [3.8, 4) is 0 Å². The average Bonchev–Trinajstić information content (AvgIpc) is 2.80. The topological polar surface area (TPSA) is 24.5 Å². The molecule has 0 spiro atoms. The number of rotatable bonds is 4. The number of nitrogens with zero attached hydrogens (tertiary/aromatic N) is 1. The van der Waals surface area contributed by atoms with Gasteiger partial charge >= 0.3 is 0 Å². The van der Waals surface area contributed by atoms with Gasteiger partial charge in [0.15, 0.2) is 0 Å². The second-order valence-electron chi connectivity index (χ2n) is 6.16. The third-order valence-corrected chi connectivity index (χ3v) is 4.91. The second-order valence-corrected chi connectivity index (χ2v) is 6.16. The number of hydrogen-bond acceptors (Lipinski definition) is 3. The van der Waals surface area contributed by atoms with E-state index in [9.17, 15) is 0 Å². The average molecular weight is 240 g/mol. The third-order valence-electron chi connectivity index (χ3n) is 4.91. The maximum absolute atomic E-state index is 5.44. The van der Waals surface area contributed by atoms with Crippen LogP contribution in [0.4, 0.5) is 0 Å². The molecule has 2 aliphatic rings. The Hall–Kier alpha value is -0.120. The van der Waals surface area contributed by atoms with Gasteiger partial charge in [0.2, 0.25) is 0 Å². The molecular weight excluding hydrogens is 212 g/mol. The fraction of sp³-hybridized carbons (Fsp3) is 1.00. The molecule has 0 aromatic rings. The minimum atomic E-state index is 0.503. The van der Waals surface area contributed by atoms with E-state index in [0.29, 0.717) is 11.5 Å². The van der Waals surface area contributed by atoms with Gasteiger partial charge in [-0.1, -0.05) is 13.8 Å². The fourth-order valence-corrected chi connectivity index (χ4v) is 3.32. The molecule has 0 aromatic heterocycles. The molecule has 0 bridgehead atoms. The zero-order valence-corrected chi connectivity index (χ0v) is 11.7. The molecule has 0 saturated carbocycles. The minimum absolute atomic E-state index is 0.503. The molecule has 1 N–H and O–H groups in total. The molecule has 17 heavy (non-hydrogen) atoms. The summed E-state index contributed by atoms with van der Waals surface area (Å²) < 4.78 is 5.44. The molecule has 0 aromatic carbocycles. The maximum atomic E-state index is 5.44. The molecule has 3 heteroatoms. The lowest BCUT2D eigenvalue weighted by molar-refractivity contribution is 0.0211. The number of nitrogens with one attached hydrogen (secondary N) is 1. The molecule has 0 radical (unpaired) electrons. The SMILES string of the molecule is COC1CCN(CC2(C(C)C)CCNC2)CC1. The van der Waals surface area contributed by atoms with E-state index in [4.69, 9.17) is 4.74 Å². The zero-order chi connectivity index (χ0) is 12.3. The number of hydrogen-bond donors (Lipinski definition) is 1. The number of likely N-dealkylation sites (tertiary alicyclic amines) is 1. The van der Waals surface area contributed by atoms with Crippen molar-refractivity contribution < 1.29 is 4.74 Å². The van der Waals surface area contributed by atoms with Crippen molar-refractivity contribution >= 4 is 0 Å². The molecule has 1 atom stereocenters. The van der Waals surface area contributed by atoms with E-state index in [1.807, 2.05) is 7.11 Å². The maximum Gasteiger partial charge on any atom is 0.0595 e. The third kappa shape index (κ3) is 3.01. The summed E-state index contributed by atoms with van der Waals surface area (Å²) in [4.78, 5) is 2.66. The number of piperidine rings is 1. The highest BCUT2D eigenvalue weighted by atomic mass is 16.5. The van der Waals surface area contributed by atoms with E-state index in [0.717, 1.165) is 5.92 Å². The summed E-state index contributed by atoms with van der Waals surface area (Å²) in [6.45, 7) is 10.9. The normalized spacial score (nSPS) is 32.5. The fourth-order valence-electron chi connectivity index (χ4n) is 3.32. The van der Waals surface area contributed by atoms with Gasteiger partial charge in [-0.3, -0.25) is 0 Å². The first kappa shape index (κ1) is 13.3. The van der Waals surface area contributed by atoms with E-state index in [2.05, 4.69) is 24.1 Å². The Morgan fingerprint density at radius 2 is 2.06 bits per heavy atom. The lowest BCUT2D eigenvalue weighted by Gasteiger charge is -2.40. The molecule has 2 fully saturated rings. The van der Waals surface area contributed by atoms with E-state index in [1.165, 1.54) is 52.0 Å². The summed E-state index contributed by atoms with van der Waals surface area (Å²) in [6, 6.07) is 0. The lowest BCUT2D eigenvalue weighted by atomic mass is 9.75. The molecular formula is C14H28N2O. The predicted octanol–water partition coefficient (Wildman–Crippen LogP) is 1.73. The summed E-state index contributed by atoms with van der Waals surface area (Å²) >= 11 is 0. The van der Waals surface area contributed by atoms with E-state index >= 15 is 0 Å². The van der Waals surface area contributed by atoms with Crippen LogP contribution in [0.15, 0.2) is 0 Å².